The maximum absolute atomic E-state index is 9.23. The molecule has 0 amide bonds. The van der Waals surface area contributed by atoms with Crippen LogP contribution in [0.3, 0.4) is 0 Å². The van der Waals surface area contributed by atoms with Crippen molar-refractivity contribution < 1.29 is 5.11 Å². The highest BCUT2D eigenvalue weighted by Gasteiger charge is 2.10. The summed E-state index contributed by atoms with van der Waals surface area (Å²) in [5, 5.41) is 26.0. The molecule has 1 heterocycles. The lowest BCUT2D eigenvalue weighted by molar-refractivity contribution is 0.475. The molecule has 5 nitrogen and oxygen atoms in total. The fraction of sp³-hybridized carbons (Fsp3) is 0.308. The summed E-state index contributed by atoms with van der Waals surface area (Å²) in [6.07, 6.45) is 1.08. The number of nitrogens with zero attached hydrogens (tertiary/aromatic N) is 4. The van der Waals surface area contributed by atoms with E-state index in [2.05, 4.69) is 16.4 Å². The zero-order chi connectivity index (χ0) is 13.0. The third kappa shape index (κ3) is 2.48. The Hall–Kier alpha value is -2.35. The smallest absolute Gasteiger partial charge is 0.115 e. The summed E-state index contributed by atoms with van der Waals surface area (Å²) >= 11 is 0. The minimum atomic E-state index is 0.248. The van der Waals surface area contributed by atoms with Crippen LogP contribution in [0.1, 0.15) is 23.9 Å². The molecule has 0 aliphatic carbocycles. The van der Waals surface area contributed by atoms with Crippen molar-refractivity contribution in [2.45, 2.75) is 26.3 Å². The highest BCUT2D eigenvalue weighted by Crippen LogP contribution is 2.13. The molecule has 5 heteroatoms. The van der Waals surface area contributed by atoms with Gasteiger partial charge in [-0.3, -0.25) is 0 Å². The molecule has 0 atom stereocenters. The van der Waals surface area contributed by atoms with Crippen molar-refractivity contribution in [3.8, 4) is 11.8 Å². The molecular weight excluding hydrogens is 228 g/mol. The summed E-state index contributed by atoms with van der Waals surface area (Å²) in [4.78, 5) is 0. The lowest BCUT2D eigenvalue weighted by atomic mass is 10.2. The van der Waals surface area contributed by atoms with Gasteiger partial charge in [-0.1, -0.05) is 24.3 Å². The number of rotatable bonds is 4. The summed E-state index contributed by atoms with van der Waals surface area (Å²) in [6, 6.07) is 9.08. The van der Waals surface area contributed by atoms with E-state index in [1.54, 1.807) is 16.8 Å². The quantitative estimate of drug-likeness (QED) is 0.884. The van der Waals surface area contributed by atoms with Gasteiger partial charge in [-0.15, -0.1) is 5.10 Å². The van der Waals surface area contributed by atoms with Crippen LogP contribution in [0.4, 0.5) is 0 Å². The minimum absolute atomic E-state index is 0.248. The molecule has 18 heavy (non-hydrogen) atoms. The van der Waals surface area contributed by atoms with Crippen LogP contribution in [-0.2, 0) is 19.4 Å². The fourth-order valence-electron chi connectivity index (χ4n) is 1.87. The zero-order valence-electron chi connectivity index (χ0n) is 10.2. The van der Waals surface area contributed by atoms with Gasteiger partial charge in [0, 0.05) is 0 Å². The average molecular weight is 242 g/mol. The second-order valence-electron chi connectivity index (χ2n) is 4.00. The van der Waals surface area contributed by atoms with Crippen molar-refractivity contribution in [3.63, 3.8) is 0 Å². The van der Waals surface area contributed by atoms with Crippen LogP contribution in [0.5, 0.6) is 5.75 Å². The highest BCUT2D eigenvalue weighted by molar-refractivity contribution is 5.26. The lowest BCUT2D eigenvalue weighted by Crippen LogP contribution is -2.06. The van der Waals surface area contributed by atoms with E-state index in [1.807, 2.05) is 19.1 Å². The number of nitriles is 1. The van der Waals surface area contributed by atoms with E-state index in [4.69, 9.17) is 5.26 Å². The van der Waals surface area contributed by atoms with Crippen LogP contribution in [-0.4, -0.2) is 20.1 Å². The van der Waals surface area contributed by atoms with Gasteiger partial charge in [-0.2, -0.15) is 5.26 Å². The molecule has 0 saturated heterocycles. The molecule has 0 fully saturated rings. The van der Waals surface area contributed by atoms with Gasteiger partial charge in [-0.05, 0) is 24.1 Å². The standard InChI is InChI=1S/C13H14N4O/c1-2-13-12(7-8-14)15-16-17(13)9-10-3-5-11(18)6-4-10/h3-6,18H,2,7,9H2,1H3. The maximum atomic E-state index is 9.23. The van der Waals surface area contributed by atoms with Crippen molar-refractivity contribution in [2.75, 3.05) is 0 Å². The zero-order valence-corrected chi connectivity index (χ0v) is 10.2. The second-order valence-corrected chi connectivity index (χ2v) is 4.00. The van der Waals surface area contributed by atoms with Gasteiger partial charge in [-0.25, -0.2) is 4.68 Å². The molecule has 0 saturated carbocycles. The first-order valence-electron chi connectivity index (χ1n) is 5.80. The van der Waals surface area contributed by atoms with E-state index in [0.29, 0.717) is 13.0 Å². The first-order chi connectivity index (χ1) is 8.74. The molecule has 1 aromatic carbocycles. The van der Waals surface area contributed by atoms with Gasteiger partial charge in [0.1, 0.15) is 5.75 Å². The number of phenolic OH excluding ortho intramolecular Hbond substituents is 1. The van der Waals surface area contributed by atoms with Gasteiger partial charge in [0.05, 0.1) is 30.4 Å². The number of aromatic nitrogens is 3. The number of phenols is 1. The number of hydrogen-bond donors (Lipinski definition) is 1. The van der Waals surface area contributed by atoms with E-state index >= 15 is 0 Å². The topological polar surface area (TPSA) is 74.7 Å². The Morgan fingerprint density at radius 3 is 2.67 bits per heavy atom. The first kappa shape index (κ1) is 12.1. The van der Waals surface area contributed by atoms with Crippen LogP contribution < -0.4 is 0 Å². The SMILES string of the molecule is CCc1c(CC#N)nnn1Cc1ccc(O)cc1. The Kier molecular flexibility index (Phi) is 3.58. The first-order valence-corrected chi connectivity index (χ1v) is 5.80. The van der Waals surface area contributed by atoms with Crippen molar-refractivity contribution >= 4 is 0 Å². The molecule has 2 rings (SSSR count). The molecule has 0 unspecified atom stereocenters. The third-order valence-corrected chi connectivity index (χ3v) is 2.77. The second kappa shape index (κ2) is 5.32. The summed E-state index contributed by atoms with van der Waals surface area (Å²) in [5.41, 5.74) is 2.78. The van der Waals surface area contributed by atoms with E-state index in [-0.39, 0.29) is 5.75 Å². The predicted molar refractivity (Wildman–Crippen MR) is 65.9 cm³/mol. The monoisotopic (exact) mass is 242 g/mol. The average Bonchev–Trinajstić information content (AvgIpc) is 2.75. The molecular formula is C13H14N4O. The number of aromatic hydroxyl groups is 1. The van der Waals surface area contributed by atoms with Crippen LogP contribution in [0, 0.1) is 11.3 Å². The van der Waals surface area contributed by atoms with E-state index in [0.717, 1.165) is 23.4 Å². The Morgan fingerprint density at radius 1 is 1.33 bits per heavy atom. The normalized spacial score (nSPS) is 10.2. The molecule has 1 N–H and O–H groups in total. The lowest BCUT2D eigenvalue weighted by Gasteiger charge is -2.05. The number of benzene rings is 1. The van der Waals surface area contributed by atoms with Crippen molar-refractivity contribution in [1.82, 2.24) is 15.0 Å². The Balaban J connectivity index is 2.24. The highest BCUT2D eigenvalue weighted by atomic mass is 16.3. The van der Waals surface area contributed by atoms with Gasteiger partial charge in [0.15, 0.2) is 0 Å². The number of hydrogen-bond acceptors (Lipinski definition) is 4. The molecule has 2 aromatic rings. The molecule has 1 aromatic heterocycles. The van der Waals surface area contributed by atoms with E-state index in [1.165, 1.54) is 0 Å². The van der Waals surface area contributed by atoms with Crippen molar-refractivity contribution in [2.24, 2.45) is 0 Å². The van der Waals surface area contributed by atoms with Crippen molar-refractivity contribution in [3.05, 3.63) is 41.2 Å². The Bertz CT molecular complexity index is 566. The van der Waals surface area contributed by atoms with Crippen molar-refractivity contribution in [1.29, 1.82) is 5.26 Å². The summed E-state index contributed by atoms with van der Waals surface area (Å²) in [7, 11) is 0. The molecule has 0 radical (unpaired) electrons. The minimum Gasteiger partial charge on any atom is -0.508 e. The fourth-order valence-corrected chi connectivity index (χ4v) is 1.87. The molecule has 92 valence electrons. The molecule has 0 spiro atoms. The largest absolute Gasteiger partial charge is 0.508 e. The van der Waals surface area contributed by atoms with Gasteiger partial charge in [0.25, 0.3) is 0 Å². The van der Waals surface area contributed by atoms with E-state index < -0.39 is 0 Å². The van der Waals surface area contributed by atoms with E-state index in [9.17, 15) is 5.11 Å². The molecule has 0 bridgehead atoms. The summed E-state index contributed by atoms with van der Waals surface area (Å²) < 4.78 is 1.80. The molecule has 0 aliphatic rings. The van der Waals surface area contributed by atoms with Crippen LogP contribution >= 0.6 is 0 Å². The summed E-state index contributed by atoms with van der Waals surface area (Å²) in [6.45, 7) is 2.62. The van der Waals surface area contributed by atoms with Crippen LogP contribution in [0.2, 0.25) is 0 Å². The predicted octanol–water partition coefficient (Wildman–Crippen LogP) is 1.66. The van der Waals surface area contributed by atoms with Crippen LogP contribution in [0.15, 0.2) is 24.3 Å². The summed E-state index contributed by atoms with van der Waals surface area (Å²) in [5.74, 6) is 0.248. The van der Waals surface area contributed by atoms with Gasteiger partial charge in [0.2, 0.25) is 0 Å². The maximum Gasteiger partial charge on any atom is 0.115 e. The Morgan fingerprint density at radius 2 is 2.06 bits per heavy atom. The van der Waals surface area contributed by atoms with Crippen LogP contribution in [0.25, 0.3) is 0 Å². The van der Waals surface area contributed by atoms with Gasteiger partial charge >= 0.3 is 0 Å². The third-order valence-electron chi connectivity index (χ3n) is 2.77. The van der Waals surface area contributed by atoms with Gasteiger partial charge < -0.3 is 5.11 Å². The Labute approximate surface area is 105 Å². The molecule has 0 aliphatic heterocycles.